The van der Waals surface area contributed by atoms with Crippen LogP contribution in [0.25, 0.3) is 0 Å². The first-order valence-electron chi connectivity index (χ1n) is 20.8. The van der Waals surface area contributed by atoms with Gasteiger partial charge in [-0.2, -0.15) is 0 Å². The molecule has 0 amide bonds. The molecule has 1 aromatic heterocycles. The van der Waals surface area contributed by atoms with Crippen molar-refractivity contribution in [2.45, 2.75) is 252 Å². The number of nitrogens with zero attached hydrogens (tertiary/aromatic N) is 2. The van der Waals surface area contributed by atoms with Gasteiger partial charge < -0.3 is 4.57 Å². The highest BCUT2D eigenvalue weighted by atomic mass is 15.1. The molecule has 2 unspecified atom stereocenters. The summed E-state index contributed by atoms with van der Waals surface area (Å²) >= 11 is 0. The topological polar surface area (TPSA) is 17.8 Å². The summed E-state index contributed by atoms with van der Waals surface area (Å²) in [5.74, 6) is 2.07. The minimum atomic E-state index is 0.588. The van der Waals surface area contributed by atoms with Crippen molar-refractivity contribution in [2.24, 2.45) is 0 Å². The van der Waals surface area contributed by atoms with Gasteiger partial charge in [0, 0.05) is 24.4 Å². The SMILES string of the molecule is CCCCCCCCCCCCCCCCC(CCCCCCCCCCCC)c1nccn1C(C)CCCCCCCC. The number of hydrogen-bond donors (Lipinski definition) is 0. The highest BCUT2D eigenvalue weighted by Gasteiger charge is 2.19. The summed E-state index contributed by atoms with van der Waals surface area (Å²) in [6, 6.07) is 0.588. The van der Waals surface area contributed by atoms with E-state index in [0.717, 1.165) is 0 Å². The third kappa shape index (κ3) is 23.5. The van der Waals surface area contributed by atoms with Crippen LogP contribution in [-0.2, 0) is 0 Å². The molecule has 0 aliphatic carbocycles. The Morgan fingerprint density at radius 3 is 1.07 bits per heavy atom. The Balaban J connectivity index is 2.38. The van der Waals surface area contributed by atoms with Gasteiger partial charge in [0.05, 0.1) is 0 Å². The number of aromatic nitrogens is 2. The first-order chi connectivity index (χ1) is 21.7. The van der Waals surface area contributed by atoms with E-state index < -0.39 is 0 Å². The van der Waals surface area contributed by atoms with Crippen LogP contribution in [0.15, 0.2) is 12.4 Å². The van der Waals surface area contributed by atoms with Gasteiger partial charge >= 0.3 is 0 Å². The van der Waals surface area contributed by atoms with Crippen LogP contribution >= 0.6 is 0 Å². The van der Waals surface area contributed by atoms with Gasteiger partial charge in [0.2, 0.25) is 0 Å². The molecule has 1 aromatic rings. The summed E-state index contributed by atoms with van der Waals surface area (Å²) in [5, 5.41) is 0. The second-order valence-corrected chi connectivity index (χ2v) is 14.7. The Labute approximate surface area is 278 Å². The Kier molecular flexibility index (Phi) is 30.1. The van der Waals surface area contributed by atoms with Crippen molar-refractivity contribution in [1.82, 2.24) is 9.55 Å². The van der Waals surface area contributed by atoms with Crippen molar-refractivity contribution in [3.05, 3.63) is 18.2 Å². The lowest BCUT2D eigenvalue weighted by Gasteiger charge is -2.22. The summed E-state index contributed by atoms with van der Waals surface area (Å²) in [6.07, 6.45) is 51.2. The van der Waals surface area contributed by atoms with Crippen LogP contribution in [0.2, 0.25) is 0 Å². The predicted molar refractivity (Wildman–Crippen MR) is 199 cm³/mol. The van der Waals surface area contributed by atoms with Crippen molar-refractivity contribution in [3.63, 3.8) is 0 Å². The zero-order valence-electron chi connectivity index (χ0n) is 31.0. The summed E-state index contributed by atoms with van der Waals surface area (Å²) in [5.41, 5.74) is 0. The maximum atomic E-state index is 5.02. The molecule has 0 bridgehead atoms. The molecule has 0 saturated heterocycles. The van der Waals surface area contributed by atoms with Gasteiger partial charge in [-0.05, 0) is 26.2 Å². The summed E-state index contributed by atoms with van der Waals surface area (Å²) < 4.78 is 2.58. The lowest BCUT2D eigenvalue weighted by molar-refractivity contribution is 0.412. The number of imidazole rings is 1. The van der Waals surface area contributed by atoms with Crippen LogP contribution in [0, 0.1) is 0 Å². The Hall–Kier alpha value is -0.790. The lowest BCUT2D eigenvalue weighted by atomic mass is 9.92. The van der Waals surface area contributed by atoms with E-state index >= 15 is 0 Å². The van der Waals surface area contributed by atoms with Crippen LogP contribution in [-0.4, -0.2) is 9.55 Å². The van der Waals surface area contributed by atoms with Crippen molar-refractivity contribution in [2.75, 3.05) is 0 Å². The fourth-order valence-electron chi connectivity index (χ4n) is 7.24. The molecule has 0 saturated carbocycles. The Morgan fingerprint density at radius 1 is 0.432 bits per heavy atom. The van der Waals surface area contributed by atoms with Crippen molar-refractivity contribution >= 4 is 0 Å². The van der Waals surface area contributed by atoms with E-state index in [1.807, 2.05) is 0 Å². The second kappa shape index (κ2) is 32.2. The molecule has 2 atom stereocenters. The van der Waals surface area contributed by atoms with E-state index in [-0.39, 0.29) is 0 Å². The first-order valence-corrected chi connectivity index (χ1v) is 20.8. The van der Waals surface area contributed by atoms with E-state index in [9.17, 15) is 0 Å². The Bertz CT molecular complexity index is 679. The molecular weight excluding hydrogens is 532 g/mol. The number of unbranched alkanes of at least 4 members (excludes halogenated alkanes) is 27. The highest BCUT2D eigenvalue weighted by molar-refractivity contribution is 5.02. The summed E-state index contributed by atoms with van der Waals surface area (Å²) in [4.78, 5) is 5.02. The molecule has 0 aromatic carbocycles. The molecule has 0 radical (unpaired) electrons. The molecule has 2 nitrogen and oxygen atoms in total. The van der Waals surface area contributed by atoms with Gasteiger partial charge in [-0.3, -0.25) is 0 Å². The summed E-state index contributed by atoms with van der Waals surface area (Å²) in [6.45, 7) is 9.39. The molecule has 1 rings (SSSR count). The smallest absolute Gasteiger partial charge is 0.111 e. The molecule has 0 fully saturated rings. The van der Waals surface area contributed by atoms with E-state index in [2.05, 4.69) is 44.7 Å². The summed E-state index contributed by atoms with van der Waals surface area (Å²) in [7, 11) is 0. The van der Waals surface area contributed by atoms with Gasteiger partial charge in [-0.25, -0.2) is 4.98 Å². The number of rotatable bonds is 35. The van der Waals surface area contributed by atoms with E-state index in [0.29, 0.717) is 12.0 Å². The maximum absolute atomic E-state index is 5.02. The van der Waals surface area contributed by atoms with Gasteiger partial charge in [-0.1, -0.05) is 213 Å². The third-order valence-electron chi connectivity index (χ3n) is 10.3. The van der Waals surface area contributed by atoms with Crippen LogP contribution in [0.4, 0.5) is 0 Å². The quantitative estimate of drug-likeness (QED) is 0.0695. The number of hydrogen-bond acceptors (Lipinski definition) is 1. The van der Waals surface area contributed by atoms with Crippen molar-refractivity contribution in [1.29, 1.82) is 0 Å². The van der Waals surface area contributed by atoms with Crippen molar-refractivity contribution in [3.8, 4) is 0 Å². The van der Waals surface area contributed by atoms with Gasteiger partial charge in [-0.15, -0.1) is 0 Å². The highest BCUT2D eigenvalue weighted by Crippen LogP contribution is 2.31. The van der Waals surface area contributed by atoms with Crippen LogP contribution in [0.5, 0.6) is 0 Å². The monoisotopic (exact) mass is 615 g/mol. The molecule has 260 valence electrons. The molecule has 0 aliphatic heterocycles. The molecular formula is C42H82N2. The fourth-order valence-corrected chi connectivity index (χ4v) is 7.24. The molecule has 1 heterocycles. The average Bonchev–Trinajstić information content (AvgIpc) is 3.53. The minimum absolute atomic E-state index is 0.588. The molecule has 0 aliphatic rings. The van der Waals surface area contributed by atoms with Gasteiger partial charge in [0.15, 0.2) is 0 Å². The van der Waals surface area contributed by atoms with E-state index in [4.69, 9.17) is 4.98 Å². The molecule has 0 N–H and O–H groups in total. The van der Waals surface area contributed by atoms with Gasteiger partial charge in [0.1, 0.15) is 5.82 Å². The van der Waals surface area contributed by atoms with Crippen LogP contribution in [0.1, 0.15) is 257 Å². The van der Waals surface area contributed by atoms with E-state index in [1.54, 1.807) is 0 Å². The Morgan fingerprint density at radius 2 is 0.727 bits per heavy atom. The first kappa shape index (κ1) is 41.2. The third-order valence-corrected chi connectivity index (χ3v) is 10.3. The minimum Gasteiger partial charge on any atom is -0.332 e. The average molecular weight is 615 g/mol. The molecule has 44 heavy (non-hydrogen) atoms. The van der Waals surface area contributed by atoms with Gasteiger partial charge in [0.25, 0.3) is 0 Å². The van der Waals surface area contributed by atoms with Crippen LogP contribution in [0.3, 0.4) is 0 Å². The van der Waals surface area contributed by atoms with Crippen LogP contribution < -0.4 is 0 Å². The molecule has 2 heteroatoms. The van der Waals surface area contributed by atoms with Crippen molar-refractivity contribution < 1.29 is 0 Å². The fraction of sp³-hybridized carbons (Fsp3) is 0.929. The normalized spacial score (nSPS) is 13.1. The standard InChI is InChI=1S/C42H82N2/c1-5-8-11-14-17-19-21-22-23-24-26-28-31-34-37-41(36-33-30-27-25-20-18-15-12-9-6-2)42-43-38-39-44(42)40(4)35-32-29-16-13-10-7-3/h38-41H,5-37H2,1-4H3. The zero-order valence-corrected chi connectivity index (χ0v) is 31.0. The largest absolute Gasteiger partial charge is 0.332 e. The predicted octanol–water partition coefficient (Wildman–Crippen LogP) is 15.5. The maximum Gasteiger partial charge on any atom is 0.111 e. The van der Waals surface area contributed by atoms with E-state index in [1.165, 1.54) is 218 Å². The zero-order chi connectivity index (χ0) is 31.8. The molecule has 0 spiro atoms. The lowest BCUT2D eigenvalue weighted by Crippen LogP contribution is -2.13. The second-order valence-electron chi connectivity index (χ2n) is 14.7.